The minimum absolute atomic E-state index is 0.188. The molecule has 0 fully saturated rings. The van der Waals surface area contributed by atoms with E-state index in [1.54, 1.807) is 60.5 Å². The van der Waals surface area contributed by atoms with Gasteiger partial charge in [-0.05, 0) is 59.7 Å². The Balaban J connectivity index is 1.11. The fourth-order valence-electron chi connectivity index (χ4n) is 3.85. The van der Waals surface area contributed by atoms with Crippen LogP contribution in [-0.2, 0) is 17.9 Å². The molecule has 4 aromatic rings. The molecule has 0 aliphatic carbocycles. The molecule has 0 saturated carbocycles. The second-order valence-electron chi connectivity index (χ2n) is 8.64. The largest absolute Gasteiger partial charge is 0.493 e. The Morgan fingerprint density at radius 1 is 1.07 bits per heavy atom. The number of nitrogens with zero attached hydrogens (tertiary/aromatic N) is 4. The van der Waals surface area contributed by atoms with Crippen molar-refractivity contribution in [2.24, 2.45) is 0 Å². The number of hydrogen-bond donors (Lipinski definition) is 1. The maximum absolute atomic E-state index is 12.2. The number of nitrogens with one attached hydrogen (secondary N) is 1. The van der Waals surface area contributed by atoms with Gasteiger partial charge >= 0.3 is 0 Å². The first kappa shape index (κ1) is 26.1. The third-order valence-corrected chi connectivity index (χ3v) is 5.92. The molecule has 2 heterocycles. The van der Waals surface area contributed by atoms with Gasteiger partial charge in [0.2, 0.25) is 12.7 Å². The molecule has 0 spiro atoms. The number of allylic oxidation sites excluding steroid dienone is 2. The van der Waals surface area contributed by atoms with Crippen molar-refractivity contribution < 1.29 is 23.7 Å². The number of methoxy groups -OCH3 is 1. The van der Waals surface area contributed by atoms with Gasteiger partial charge in [-0.2, -0.15) is 5.26 Å². The molecule has 0 atom stereocenters. The summed E-state index contributed by atoms with van der Waals surface area (Å²) in [7, 11) is 1.56. The normalized spacial score (nSPS) is 12.0. The van der Waals surface area contributed by atoms with Crippen LogP contribution in [0.25, 0.3) is 11.8 Å². The third-order valence-electron chi connectivity index (χ3n) is 5.92. The highest BCUT2D eigenvalue weighted by Gasteiger charge is 2.12. The highest BCUT2D eigenvalue weighted by Crippen LogP contribution is 2.33. The van der Waals surface area contributed by atoms with Crippen LogP contribution in [0.4, 0.5) is 0 Å². The Bertz CT molecular complexity index is 1600. The van der Waals surface area contributed by atoms with Crippen molar-refractivity contribution in [3.63, 3.8) is 0 Å². The van der Waals surface area contributed by atoms with Crippen LogP contribution < -0.4 is 24.3 Å². The van der Waals surface area contributed by atoms with Crippen LogP contribution in [0.2, 0.25) is 0 Å². The first-order valence-corrected chi connectivity index (χ1v) is 12.3. The average Bonchev–Trinajstić information content (AvgIpc) is 3.67. The van der Waals surface area contributed by atoms with E-state index >= 15 is 0 Å². The quantitative estimate of drug-likeness (QED) is 0.235. The summed E-state index contributed by atoms with van der Waals surface area (Å²) in [4.78, 5) is 12.2. The lowest BCUT2D eigenvalue weighted by molar-refractivity contribution is -0.116. The molecule has 10 nitrogen and oxygen atoms in total. The summed E-state index contributed by atoms with van der Waals surface area (Å²) in [6.07, 6.45) is 8.56. The molecule has 200 valence electrons. The number of fused-ring (bicyclic) bond motifs is 1. The Morgan fingerprint density at radius 2 is 1.93 bits per heavy atom. The van der Waals surface area contributed by atoms with Crippen molar-refractivity contribution in [1.82, 2.24) is 20.3 Å². The topological polar surface area (TPSA) is 121 Å². The van der Waals surface area contributed by atoms with Crippen LogP contribution in [0.3, 0.4) is 0 Å². The van der Waals surface area contributed by atoms with E-state index in [1.807, 2.05) is 36.4 Å². The maximum Gasteiger partial charge on any atom is 0.244 e. The van der Waals surface area contributed by atoms with E-state index in [1.165, 1.54) is 6.08 Å². The molecule has 1 N–H and O–H groups in total. The molecule has 0 unspecified atom stereocenters. The van der Waals surface area contributed by atoms with Gasteiger partial charge in [-0.25, -0.2) is 4.68 Å². The minimum Gasteiger partial charge on any atom is -0.493 e. The second-order valence-corrected chi connectivity index (χ2v) is 8.64. The van der Waals surface area contributed by atoms with Crippen LogP contribution in [-0.4, -0.2) is 34.8 Å². The van der Waals surface area contributed by atoms with Crippen molar-refractivity contribution in [1.29, 1.82) is 5.26 Å². The fraction of sp³-hybridized carbons (Fsp3) is 0.133. The zero-order valence-electron chi connectivity index (χ0n) is 21.6. The number of hydrogen-bond acceptors (Lipinski definition) is 8. The predicted octanol–water partition coefficient (Wildman–Crippen LogP) is 4.34. The molecule has 10 heteroatoms. The van der Waals surface area contributed by atoms with Crippen molar-refractivity contribution in [3.05, 3.63) is 107 Å². The van der Waals surface area contributed by atoms with E-state index < -0.39 is 0 Å². The van der Waals surface area contributed by atoms with Gasteiger partial charge in [0.05, 0.1) is 30.6 Å². The summed E-state index contributed by atoms with van der Waals surface area (Å²) in [5.41, 5.74) is 3.79. The number of rotatable bonds is 10. The number of ether oxygens (including phenoxy) is 4. The number of nitriles is 1. The van der Waals surface area contributed by atoms with Crippen LogP contribution >= 0.6 is 0 Å². The first-order valence-electron chi connectivity index (χ1n) is 12.3. The van der Waals surface area contributed by atoms with Crippen LogP contribution in [0, 0.1) is 11.3 Å². The first-order chi connectivity index (χ1) is 19.6. The molecule has 1 aliphatic rings. The number of carbonyl (C=O) groups excluding carboxylic acids is 1. The van der Waals surface area contributed by atoms with E-state index in [4.69, 9.17) is 24.2 Å². The van der Waals surface area contributed by atoms with Crippen LogP contribution in [0.1, 0.15) is 22.4 Å². The molecular formula is C30H25N5O5. The van der Waals surface area contributed by atoms with Gasteiger partial charge in [-0.15, -0.1) is 5.10 Å². The lowest BCUT2D eigenvalue weighted by Gasteiger charge is -2.11. The molecule has 3 aromatic carbocycles. The lowest BCUT2D eigenvalue weighted by Crippen LogP contribution is -2.20. The van der Waals surface area contributed by atoms with E-state index in [0.717, 1.165) is 22.6 Å². The van der Waals surface area contributed by atoms with Crippen LogP contribution in [0.5, 0.6) is 23.0 Å². The number of carbonyl (C=O) groups is 1. The Morgan fingerprint density at radius 3 is 2.75 bits per heavy atom. The Hall–Kier alpha value is -5.56. The number of amides is 1. The molecule has 0 radical (unpaired) electrons. The fourth-order valence-corrected chi connectivity index (χ4v) is 3.85. The molecular weight excluding hydrogens is 510 g/mol. The van der Waals surface area contributed by atoms with Crippen molar-refractivity contribution in [3.8, 4) is 34.8 Å². The van der Waals surface area contributed by atoms with E-state index in [0.29, 0.717) is 35.1 Å². The lowest BCUT2D eigenvalue weighted by atomic mass is 10.2. The second kappa shape index (κ2) is 12.3. The zero-order valence-corrected chi connectivity index (χ0v) is 21.6. The Kier molecular flexibility index (Phi) is 8.03. The summed E-state index contributed by atoms with van der Waals surface area (Å²) >= 11 is 0. The van der Waals surface area contributed by atoms with E-state index in [9.17, 15) is 4.79 Å². The third kappa shape index (κ3) is 6.46. The van der Waals surface area contributed by atoms with E-state index in [2.05, 4.69) is 21.7 Å². The van der Waals surface area contributed by atoms with Gasteiger partial charge in [-0.1, -0.05) is 35.6 Å². The standard InChI is InChI=1S/C30H25N5O5/c1-37-28-15-23(17-32-30(36)5-3-2-4-21-8-12-27-29(14-21)40-20-39-27)9-13-26(28)38-19-24-18-35(34-33-24)25-10-6-22(16-31)7-11-25/h2-15,18H,17,19-20H2,1H3,(H,32,36)/b4-2+,5-3+. The summed E-state index contributed by atoms with van der Waals surface area (Å²) in [6.45, 7) is 0.744. The molecule has 5 rings (SSSR count). The van der Waals surface area contributed by atoms with Gasteiger partial charge in [0.1, 0.15) is 12.3 Å². The minimum atomic E-state index is -0.222. The van der Waals surface area contributed by atoms with Crippen LogP contribution in [0.15, 0.2) is 85.1 Å². The Labute approximate surface area is 230 Å². The van der Waals surface area contributed by atoms with Crippen molar-refractivity contribution >= 4 is 12.0 Å². The van der Waals surface area contributed by atoms with Crippen molar-refractivity contribution in [2.45, 2.75) is 13.2 Å². The highest BCUT2D eigenvalue weighted by molar-refractivity contribution is 5.87. The molecule has 40 heavy (non-hydrogen) atoms. The maximum atomic E-state index is 12.2. The molecule has 0 saturated heterocycles. The monoisotopic (exact) mass is 535 g/mol. The summed E-state index contributed by atoms with van der Waals surface area (Å²) in [5, 5.41) is 20.1. The predicted molar refractivity (Wildman–Crippen MR) is 146 cm³/mol. The summed E-state index contributed by atoms with van der Waals surface area (Å²) < 4.78 is 23.7. The summed E-state index contributed by atoms with van der Waals surface area (Å²) in [5.74, 6) is 2.30. The molecule has 1 amide bonds. The molecule has 1 aliphatic heterocycles. The number of benzene rings is 3. The van der Waals surface area contributed by atoms with Crippen molar-refractivity contribution in [2.75, 3.05) is 13.9 Å². The average molecular weight is 536 g/mol. The van der Waals surface area contributed by atoms with Gasteiger partial charge < -0.3 is 24.3 Å². The van der Waals surface area contributed by atoms with E-state index in [-0.39, 0.29) is 19.3 Å². The van der Waals surface area contributed by atoms with Gasteiger partial charge in [0, 0.05) is 12.6 Å². The SMILES string of the molecule is COc1cc(CNC(=O)/C=C/C=C/c2ccc3c(c2)OCO3)ccc1OCc1cn(-c2ccc(C#N)cc2)nn1. The van der Waals surface area contributed by atoms with Gasteiger partial charge in [0.15, 0.2) is 23.0 Å². The zero-order chi connectivity index (χ0) is 27.7. The number of aromatic nitrogens is 3. The molecule has 0 bridgehead atoms. The highest BCUT2D eigenvalue weighted by atomic mass is 16.7. The summed E-state index contributed by atoms with van der Waals surface area (Å²) in [6, 6.07) is 20.2. The smallest absolute Gasteiger partial charge is 0.244 e. The molecule has 1 aromatic heterocycles. The van der Waals surface area contributed by atoms with Gasteiger partial charge in [-0.3, -0.25) is 4.79 Å². The van der Waals surface area contributed by atoms with Gasteiger partial charge in [0.25, 0.3) is 0 Å².